The molecule has 0 unspecified atom stereocenters. The van der Waals surface area contributed by atoms with Crippen LogP contribution in [0, 0.1) is 18.8 Å². The van der Waals surface area contributed by atoms with Crippen molar-refractivity contribution in [3.8, 4) is 0 Å². The number of carboxylic acid groups (broad SMARTS) is 1. The van der Waals surface area contributed by atoms with Crippen LogP contribution in [0.5, 0.6) is 0 Å². The van der Waals surface area contributed by atoms with Gasteiger partial charge in [-0.1, -0.05) is 19.8 Å². The Morgan fingerprint density at radius 1 is 1.36 bits per heavy atom. The summed E-state index contributed by atoms with van der Waals surface area (Å²) in [6.07, 6.45) is 4.68. The molecule has 0 atom stereocenters. The highest BCUT2D eigenvalue weighted by Gasteiger charge is 2.19. The standard InChI is InChI=1S/C9H15O2/c1-7-2-4-8(5-3-7)6-9(10)11/h7-8H,1-6H2,(H,10,11). The van der Waals surface area contributed by atoms with Crippen molar-refractivity contribution in [1.29, 1.82) is 0 Å². The van der Waals surface area contributed by atoms with E-state index in [0.717, 1.165) is 25.7 Å². The lowest BCUT2D eigenvalue weighted by molar-refractivity contribution is -0.138. The molecule has 1 aliphatic rings. The Bertz CT molecular complexity index is 134. The topological polar surface area (TPSA) is 37.3 Å². The molecule has 0 amide bonds. The van der Waals surface area contributed by atoms with Crippen LogP contribution in [0.4, 0.5) is 0 Å². The molecular weight excluding hydrogens is 140 g/mol. The quantitative estimate of drug-likeness (QED) is 0.663. The highest BCUT2D eigenvalue weighted by atomic mass is 16.4. The molecule has 0 aromatic heterocycles. The van der Waals surface area contributed by atoms with E-state index < -0.39 is 5.97 Å². The Hall–Kier alpha value is -0.530. The first-order valence-electron chi connectivity index (χ1n) is 4.23. The van der Waals surface area contributed by atoms with Gasteiger partial charge in [-0.15, -0.1) is 0 Å². The lowest BCUT2D eigenvalue weighted by atomic mass is 9.81. The lowest BCUT2D eigenvalue weighted by Crippen LogP contribution is -2.15. The molecule has 0 aromatic carbocycles. The van der Waals surface area contributed by atoms with E-state index in [9.17, 15) is 4.79 Å². The summed E-state index contributed by atoms with van der Waals surface area (Å²) in [6, 6.07) is 0. The van der Waals surface area contributed by atoms with Crippen molar-refractivity contribution in [3.05, 3.63) is 6.92 Å². The van der Waals surface area contributed by atoms with Gasteiger partial charge in [0, 0.05) is 6.42 Å². The van der Waals surface area contributed by atoms with E-state index in [4.69, 9.17) is 5.11 Å². The number of carboxylic acids is 1. The van der Waals surface area contributed by atoms with E-state index in [-0.39, 0.29) is 0 Å². The minimum Gasteiger partial charge on any atom is -0.481 e. The molecule has 2 heteroatoms. The van der Waals surface area contributed by atoms with Crippen molar-refractivity contribution >= 4 is 5.97 Å². The maximum atomic E-state index is 10.3. The Balaban J connectivity index is 2.22. The minimum atomic E-state index is -0.655. The molecule has 1 saturated carbocycles. The Labute approximate surface area is 67.6 Å². The van der Waals surface area contributed by atoms with Gasteiger partial charge in [-0.2, -0.15) is 0 Å². The summed E-state index contributed by atoms with van der Waals surface area (Å²) in [5, 5.41) is 8.52. The molecule has 0 heterocycles. The second-order valence-corrected chi connectivity index (χ2v) is 3.48. The molecule has 0 aromatic rings. The van der Waals surface area contributed by atoms with Crippen molar-refractivity contribution in [1.82, 2.24) is 0 Å². The van der Waals surface area contributed by atoms with Gasteiger partial charge in [-0.3, -0.25) is 4.79 Å². The summed E-state index contributed by atoms with van der Waals surface area (Å²) in [5.74, 6) is 0.336. The third-order valence-electron chi connectivity index (χ3n) is 2.43. The van der Waals surface area contributed by atoms with Gasteiger partial charge in [-0.25, -0.2) is 0 Å². The van der Waals surface area contributed by atoms with Gasteiger partial charge in [0.25, 0.3) is 0 Å². The third-order valence-corrected chi connectivity index (χ3v) is 2.43. The summed E-state index contributed by atoms with van der Waals surface area (Å²) >= 11 is 0. The zero-order valence-electron chi connectivity index (χ0n) is 6.75. The maximum Gasteiger partial charge on any atom is 0.303 e. The fourth-order valence-corrected chi connectivity index (χ4v) is 1.68. The average Bonchev–Trinajstić information content (AvgIpc) is 1.93. The van der Waals surface area contributed by atoms with Crippen LogP contribution < -0.4 is 0 Å². The number of rotatable bonds is 2. The number of aliphatic carboxylic acids is 1. The Morgan fingerprint density at radius 3 is 2.36 bits per heavy atom. The molecule has 2 nitrogen and oxygen atoms in total. The SMILES string of the molecule is [CH2]C1CCC(CC(=O)O)CC1. The van der Waals surface area contributed by atoms with Crippen LogP contribution in [0.3, 0.4) is 0 Å². The lowest BCUT2D eigenvalue weighted by Gasteiger charge is -2.24. The van der Waals surface area contributed by atoms with Crippen molar-refractivity contribution in [3.63, 3.8) is 0 Å². The second kappa shape index (κ2) is 3.74. The Kier molecular flexibility index (Phi) is 2.92. The van der Waals surface area contributed by atoms with E-state index in [0.29, 0.717) is 18.3 Å². The monoisotopic (exact) mass is 155 g/mol. The minimum absolute atomic E-state index is 0.354. The van der Waals surface area contributed by atoms with Gasteiger partial charge >= 0.3 is 5.97 Å². The predicted octanol–water partition coefficient (Wildman–Crippen LogP) is 2.10. The van der Waals surface area contributed by atoms with Gasteiger partial charge in [-0.05, 0) is 24.7 Å². The molecule has 1 radical (unpaired) electrons. The Morgan fingerprint density at radius 2 is 1.91 bits per heavy atom. The van der Waals surface area contributed by atoms with E-state index in [1.54, 1.807) is 0 Å². The van der Waals surface area contributed by atoms with E-state index in [1.807, 2.05) is 0 Å². The first-order valence-corrected chi connectivity index (χ1v) is 4.23. The van der Waals surface area contributed by atoms with Gasteiger partial charge in [0.1, 0.15) is 0 Å². The van der Waals surface area contributed by atoms with Gasteiger partial charge in [0.15, 0.2) is 0 Å². The number of hydrogen-bond acceptors (Lipinski definition) is 1. The number of carbonyl (C=O) groups is 1. The summed E-state index contributed by atoms with van der Waals surface area (Å²) in [5.41, 5.74) is 0. The van der Waals surface area contributed by atoms with Gasteiger partial charge in [0.05, 0.1) is 0 Å². The van der Waals surface area contributed by atoms with E-state index in [1.165, 1.54) is 0 Å². The molecule has 0 aliphatic heterocycles. The molecule has 1 aliphatic carbocycles. The van der Waals surface area contributed by atoms with Crippen molar-refractivity contribution < 1.29 is 9.90 Å². The third kappa shape index (κ3) is 2.91. The van der Waals surface area contributed by atoms with Crippen molar-refractivity contribution in [2.75, 3.05) is 0 Å². The number of hydrogen-bond donors (Lipinski definition) is 1. The molecule has 1 fully saturated rings. The van der Waals surface area contributed by atoms with Gasteiger partial charge in [0.2, 0.25) is 0 Å². The van der Waals surface area contributed by atoms with Crippen LogP contribution in [0.25, 0.3) is 0 Å². The molecule has 0 bridgehead atoms. The zero-order valence-corrected chi connectivity index (χ0v) is 6.75. The van der Waals surface area contributed by atoms with Gasteiger partial charge < -0.3 is 5.11 Å². The van der Waals surface area contributed by atoms with E-state index in [2.05, 4.69) is 6.92 Å². The normalized spacial score (nSPS) is 31.7. The van der Waals surface area contributed by atoms with E-state index >= 15 is 0 Å². The van der Waals surface area contributed by atoms with Crippen LogP contribution in [0.15, 0.2) is 0 Å². The van der Waals surface area contributed by atoms with Crippen LogP contribution in [-0.4, -0.2) is 11.1 Å². The summed E-state index contributed by atoms with van der Waals surface area (Å²) in [6.45, 7) is 3.96. The fraction of sp³-hybridized carbons (Fsp3) is 0.778. The molecule has 0 spiro atoms. The van der Waals surface area contributed by atoms with Crippen molar-refractivity contribution in [2.45, 2.75) is 32.1 Å². The summed E-state index contributed by atoms with van der Waals surface area (Å²) < 4.78 is 0. The van der Waals surface area contributed by atoms with Crippen LogP contribution in [-0.2, 0) is 4.79 Å². The second-order valence-electron chi connectivity index (χ2n) is 3.48. The first-order chi connectivity index (χ1) is 5.18. The molecule has 11 heavy (non-hydrogen) atoms. The van der Waals surface area contributed by atoms with Crippen molar-refractivity contribution in [2.24, 2.45) is 11.8 Å². The van der Waals surface area contributed by atoms with Crippen LogP contribution in [0.2, 0.25) is 0 Å². The first kappa shape index (κ1) is 8.57. The highest BCUT2D eigenvalue weighted by molar-refractivity contribution is 5.67. The highest BCUT2D eigenvalue weighted by Crippen LogP contribution is 2.29. The van der Waals surface area contributed by atoms with Crippen LogP contribution >= 0.6 is 0 Å². The maximum absolute atomic E-state index is 10.3. The fourth-order valence-electron chi connectivity index (χ4n) is 1.68. The molecule has 1 N–H and O–H groups in total. The summed E-state index contributed by atoms with van der Waals surface area (Å²) in [4.78, 5) is 10.3. The zero-order chi connectivity index (χ0) is 8.27. The predicted molar refractivity (Wildman–Crippen MR) is 43.1 cm³/mol. The molecule has 0 saturated heterocycles. The smallest absolute Gasteiger partial charge is 0.303 e. The molecule has 63 valence electrons. The van der Waals surface area contributed by atoms with Crippen LogP contribution in [0.1, 0.15) is 32.1 Å². The largest absolute Gasteiger partial charge is 0.481 e. The molecule has 1 rings (SSSR count). The summed E-state index contributed by atoms with van der Waals surface area (Å²) in [7, 11) is 0. The molecular formula is C9H15O2. The average molecular weight is 155 g/mol.